The zero-order valence-electron chi connectivity index (χ0n) is 17.7. The van der Waals surface area contributed by atoms with Gasteiger partial charge in [0.25, 0.3) is 5.56 Å². The lowest BCUT2D eigenvalue weighted by Gasteiger charge is -2.25. The quantitative estimate of drug-likeness (QED) is 0.268. The highest BCUT2D eigenvalue weighted by Crippen LogP contribution is 2.61. The molecule has 0 radical (unpaired) electrons. The number of aromatic amines is 1. The first-order valence-electron chi connectivity index (χ1n) is 9.63. The normalized spacial score (nSPS) is 31.0. The summed E-state index contributed by atoms with van der Waals surface area (Å²) in [6.45, 7) is 1.88. The van der Waals surface area contributed by atoms with E-state index in [1.807, 2.05) is 0 Å². The van der Waals surface area contributed by atoms with Crippen molar-refractivity contribution in [3.63, 3.8) is 0 Å². The molecule has 3 heterocycles. The Morgan fingerprint density at radius 3 is 2.53 bits per heavy atom. The van der Waals surface area contributed by atoms with Crippen molar-refractivity contribution < 1.29 is 56.8 Å². The van der Waals surface area contributed by atoms with E-state index in [0.717, 1.165) is 4.57 Å². The molecule has 3 unspecified atom stereocenters. The van der Waals surface area contributed by atoms with Crippen LogP contribution in [-0.4, -0.2) is 66.5 Å². The molecule has 34 heavy (non-hydrogen) atoms. The first-order valence-corrected chi connectivity index (χ1v) is 12.6. The van der Waals surface area contributed by atoms with Gasteiger partial charge in [-0.2, -0.15) is 4.31 Å². The molecule has 2 aliphatic rings. The molecule has 1 aromatic heterocycles. The van der Waals surface area contributed by atoms with Crippen molar-refractivity contribution in [3.8, 4) is 0 Å². The Hall–Kier alpha value is -1.97. The van der Waals surface area contributed by atoms with Crippen LogP contribution in [0.4, 0.5) is 0 Å². The van der Waals surface area contributed by atoms with Gasteiger partial charge in [-0.15, -0.1) is 0 Å². The Kier molecular flexibility index (Phi) is 7.79. The molecule has 18 heteroatoms. The largest absolute Gasteiger partial charge is 0.504 e. The predicted octanol–water partition coefficient (Wildman–Crippen LogP) is -0.500. The minimum Gasteiger partial charge on any atom is -0.504 e. The van der Waals surface area contributed by atoms with Gasteiger partial charge < -0.3 is 29.5 Å². The molecule has 2 aliphatic heterocycles. The Balaban J connectivity index is 1.59. The standard InChI is InChI=1S/C16H22N2O14P2/c1-7-5-18(16(23)17-15(7)22)12-3-9(19)11(30-12)6-28-33(24,25)32-34(26,27)31-13-4-10(20)14(21)8(2)29-13/h4-5,8-9,11-13,19-20H,3,6H2,1-2H3,(H,24,25)(H,26,27)(H,17,22,23)/t8-,9-,11+,12+,13?/m0/s1. The lowest BCUT2D eigenvalue weighted by molar-refractivity contribution is -0.148. The van der Waals surface area contributed by atoms with Crippen LogP contribution in [0.1, 0.15) is 25.1 Å². The summed E-state index contributed by atoms with van der Waals surface area (Å²) in [6.07, 6.45) is -4.79. The molecule has 1 fully saturated rings. The summed E-state index contributed by atoms with van der Waals surface area (Å²) in [4.78, 5) is 56.5. The first-order chi connectivity index (χ1) is 15.7. The number of nitrogens with one attached hydrogen (secondary N) is 1. The van der Waals surface area contributed by atoms with Crippen molar-refractivity contribution in [2.45, 2.75) is 51.1 Å². The number of carbonyl (C=O) groups excluding carboxylic acids is 1. The minimum atomic E-state index is -5.32. The minimum absolute atomic E-state index is 0.136. The predicted molar refractivity (Wildman–Crippen MR) is 108 cm³/mol. The maximum atomic E-state index is 12.1. The third-order valence-corrected chi connectivity index (χ3v) is 7.36. The zero-order valence-corrected chi connectivity index (χ0v) is 19.5. The van der Waals surface area contributed by atoms with Gasteiger partial charge in [-0.1, -0.05) is 0 Å². The van der Waals surface area contributed by atoms with E-state index >= 15 is 0 Å². The maximum Gasteiger partial charge on any atom is 0.483 e. The highest BCUT2D eigenvalue weighted by atomic mass is 31.3. The number of aliphatic hydroxyl groups excluding tert-OH is 2. The molecular formula is C16H22N2O14P2. The number of Topliss-reactive ketones (excluding diaryl/α,β-unsaturated/α-hetero) is 1. The van der Waals surface area contributed by atoms with Gasteiger partial charge in [0.05, 0.1) is 12.7 Å². The summed E-state index contributed by atoms with van der Waals surface area (Å²) in [5, 5.41) is 19.6. The number of phosphoric acid groups is 2. The van der Waals surface area contributed by atoms with Crippen molar-refractivity contribution in [1.82, 2.24) is 9.55 Å². The topological polar surface area (TPSA) is 233 Å². The first kappa shape index (κ1) is 26.6. The lowest BCUT2D eigenvalue weighted by Crippen LogP contribution is -2.33. The van der Waals surface area contributed by atoms with E-state index in [1.165, 1.54) is 20.0 Å². The monoisotopic (exact) mass is 528 g/mol. The van der Waals surface area contributed by atoms with Crippen LogP contribution >= 0.6 is 15.6 Å². The number of nitrogens with zero attached hydrogens (tertiary/aromatic N) is 1. The van der Waals surface area contributed by atoms with Gasteiger partial charge in [0.15, 0.2) is 12.0 Å². The van der Waals surface area contributed by atoms with Crippen molar-refractivity contribution >= 4 is 21.4 Å². The summed E-state index contributed by atoms with van der Waals surface area (Å²) < 4.78 is 48.8. The number of phosphoric ester groups is 2. The Labute approximate surface area is 190 Å². The van der Waals surface area contributed by atoms with E-state index in [4.69, 9.17) is 9.47 Å². The summed E-state index contributed by atoms with van der Waals surface area (Å²) in [5.74, 6) is -1.61. The van der Waals surface area contributed by atoms with E-state index in [0.29, 0.717) is 6.08 Å². The number of aromatic nitrogens is 2. The molecule has 0 saturated carbocycles. The Morgan fingerprint density at radius 2 is 1.88 bits per heavy atom. The molecule has 16 nitrogen and oxygen atoms in total. The molecule has 190 valence electrons. The van der Waals surface area contributed by atoms with Crippen molar-refractivity contribution in [1.29, 1.82) is 0 Å². The fourth-order valence-corrected chi connectivity index (χ4v) is 5.18. The number of hydrogen-bond acceptors (Lipinski definition) is 12. The second kappa shape index (κ2) is 9.95. The summed E-state index contributed by atoms with van der Waals surface area (Å²) in [7, 11) is -10.6. The summed E-state index contributed by atoms with van der Waals surface area (Å²) in [5.41, 5.74) is -1.20. The molecule has 0 aliphatic carbocycles. The molecule has 0 amide bonds. The van der Waals surface area contributed by atoms with Crippen LogP contribution in [0.2, 0.25) is 0 Å². The Morgan fingerprint density at radius 1 is 1.21 bits per heavy atom. The molecule has 5 N–H and O–H groups in total. The smallest absolute Gasteiger partial charge is 0.483 e. The van der Waals surface area contributed by atoms with Crippen molar-refractivity contribution in [2.24, 2.45) is 0 Å². The van der Waals surface area contributed by atoms with Crippen LogP contribution in [0.3, 0.4) is 0 Å². The second-order valence-corrected chi connectivity index (χ2v) is 10.4. The number of rotatable bonds is 8. The molecule has 7 atom stereocenters. The Bertz CT molecular complexity index is 1190. The highest BCUT2D eigenvalue weighted by Gasteiger charge is 2.42. The maximum absolute atomic E-state index is 12.1. The molecule has 3 rings (SSSR count). The molecule has 1 aromatic rings. The summed E-state index contributed by atoms with van der Waals surface area (Å²) in [6, 6.07) is 0. The van der Waals surface area contributed by atoms with Gasteiger partial charge in [0, 0.05) is 24.3 Å². The van der Waals surface area contributed by atoms with Crippen LogP contribution in [0.15, 0.2) is 27.6 Å². The number of hydrogen-bond donors (Lipinski definition) is 5. The van der Waals surface area contributed by atoms with Gasteiger partial charge in [0.1, 0.15) is 18.4 Å². The SMILES string of the molecule is Cc1cn([C@H]2C[C@H](O)[C@@H](COP(=O)(O)OP(=O)(O)OC3C=C(O)C(=O)[C@H](C)O3)O2)c(=O)[nH]c1=O. The molecule has 0 spiro atoms. The van der Waals surface area contributed by atoms with Crippen molar-refractivity contribution in [2.75, 3.05) is 6.61 Å². The van der Waals surface area contributed by atoms with Gasteiger partial charge in [0.2, 0.25) is 5.78 Å². The van der Waals surface area contributed by atoms with Crippen LogP contribution < -0.4 is 11.2 Å². The average molecular weight is 528 g/mol. The van der Waals surface area contributed by atoms with Crippen molar-refractivity contribution in [3.05, 3.63) is 44.4 Å². The number of H-pyrrole nitrogens is 1. The van der Waals surface area contributed by atoms with Gasteiger partial charge >= 0.3 is 21.3 Å². The fraction of sp³-hybridized carbons (Fsp3) is 0.562. The molecule has 1 saturated heterocycles. The van der Waals surface area contributed by atoms with Gasteiger partial charge in [-0.3, -0.25) is 28.2 Å². The number of ether oxygens (including phenoxy) is 2. The molecule has 0 bridgehead atoms. The number of aryl methyl sites for hydroxylation is 1. The van der Waals surface area contributed by atoms with Crippen LogP contribution in [0.5, 0.6) is 0 Å². The fourth-order valence-electron chi connectivity index (χ4n) is 3.08. The highest BCUT2D eigenvalue weighted by molar-refractivity contribution is 7.61. The number of carbonyl (C=O) groups is 1. The number of aliphatic hydroxyl groups is 2. The zero-order chi connectivity index (χ0) is 25.4. The average Bonchev–Trinajstić information content (AvgIpc) is 3.06. The van der Waals surface area contributed by atoms with Gasteiger partial charge in [-0.25, -0.2) is 13.9 Å². The number of ketones is 1. The lowest BCUT2D eigenvalue weighted by atomic mass is 10.2. The van der Waals surface area contributed by atoms with E-state index in [1.54, 1.807) is 0 Å². The van der Waals surface area contributed by atoms with Crippen LogP contribution in [0, 0.1) is 6.92 Å². The van der Waals surface area contributed by atoms with Crippen LogP contribution in [-0.2, 0) is 36.8 Å². The third kappa shape index (κ3) is 6.37. The second-order valence-electron chi connectivity index (χ2n) is 7.39. The van der Waals surface area contributed by atoms with Crippen LogP contribution in [0.25, 0.3) is 0 Å². The summed E-state index contributed by atoms with van der Waals surface area (Å²) >= 11 is 0. The molecular weight excluding hydrogens is 506 g/mol. The molecule has 0 aromatic carbocycles. The van der Waals surface area contributed by atoms with E-state index in [9.17, 15) is 43.5 Å². The van der Waals surface area contributed by atoms with E-state index in [2.05, 4.69) is 18.3 Å². The van der Waals surface area contributed by atoms with Gasteiger partial charge in [-0.05, 0) is 13.8 Å². The van der Waals surface area contributed by atoms with E-state index in [-0.39, 0.29) is 12.0 Å². The third-order valence-electron chi connectivity index (χ3n) is 4.76. The van der Waals surface area contributed by atoms with E-state index < -0.39 is 75.9 Å².